The van der Waals surface area contributed by atoms with E-state index in [1.807, 2.05) is 0 Å². The van der Waals surface area contributed by atoms with Crippen LogP contribution in [0.1, 0.15) is 20.7 Å². The molecule has 5 heteroatoms. The molecule has 0 atom stereocenters. The van der Waals surface area contributed by atoms with Gasteiger partial charge < -0.3 is 10.1 Å². The molecule has 0 radical (unpaired) electrons. The molecule has 0 unspecified atom stereocenters. The molecule has 4 nitrogen and oxygen atoms in total. The summed E-state index contributed by atoms with van der Waals surface area (Å²) in [4.78, 5) is 24.2. The number of esters is 1. The Morgan fingerprint density at radius 1 is 1.09 bits per heavy atom. The van der Waals surface area contributed by atoms with Crippen molar-refractivity contribution in [1.29, 1.82) is 0 Å². The van der Waals surface area contributed by atoms with Crippen molar-refractivity contribution in [2.24, 2.45) is 0 Å². The van der Waals surface area contributed by atoms with Crippen molar-refractivity contribution < 1.29 is 14.3 Å². The Labute approximate surface area is 133 Å². The Hall–Kier alpha value is -2.77. The molecule has 2 aromatic rings. The third-order valence-corrected chi connectivity index (χ3v) is 3.03. The van der Waals surface area contributed by atoms with Crippen LogP contribution in [0.2, 0.25) is 5.02 Å². The third kappa shape index (κ3) is 3.87. The van der Waals surface area contributed by atoms with Gasteiger partial charge >= 0.3 is 5.97 Å². The maximum atomic E-state index is 12.3. The van der Waals surface area contributed by atoms with E-state index in [-0.39, 0.29) is 17.7 Å². The minimum atomic E-state index is -0.639. The van der Waals surface area contributed by atoms with Crippen LogP contribution in [0.3, 0.4) is 0 Å². The number of rotatable bonds is 4. The quantitative estimate of drug-likeness (QED) is 0.695. The van der Waals surface area contributed by atoms with Crippen molar-refractivity contribution in [2.75, 3.05) is 11.9 Å². The lowest BCUT2D eigenvalue weighted by molar-refractivity contribution is 0.0553. The number of carbonyl (C=O) groups is 2. The van der Waals surface area contributed by atoms with Crippen LogP contribution >= 0.6 is 11.6 Å². The number of amides is 1. The predicted molar refractivity (Wildman–Crippen MR) is 85.0 cm³/mol. The highest BCUT2D eigenvalue weighted by Crippen LogP contribution is 2.16. The standard InChI is InChI=1S/C17H12ClNO3/c1-2-11-22-17(21)15-6-4-3-5-14(15)16(20)19-13-9-7-12(18)8-10-13/h1,3-10H,11H2,(H,19,20). The van der Waals surface area contributed by atoms with E-state index in [0.717, 1.165) is 0 Å². The highest BCUT2D eigenvalue weighted by Gasteiger charge is 2.17. The van der Waals surface area contributed by atoms with Crippen molar-refractivity contribution in [1.82, 2.24) is 0 Å². The summed E-state index contributed by atoms with van der Waals surface area (Å²) in [6, 6.07) is 13.0. The van der Waals surface area contributed by atoms with Gasteiger partial charge in [0, 0.05) is 10.7 Å². The molecule has 0 aliphatic heterocycles. The first-order chi connectivity index (χ1) is 10.6. The van der Waals surface area contributed by atoms with E-state index in [0.29, 0.717) is 10.7 Å². The Morgan fingerprint density at radius 2 is 1.73 bits per heavy atom. The monoisotopic (exact) mass is 313 g/mol. The van der Waals surface area contributed by atoms with Gasteiger partial charge in [0.2, 0.25) is 0 Å². The van der Waals surface area contributed by atoms with Gasteiger partial charge in [-0.15, -0.1) is 6.42 Å². The zero-order valence-electron chi connectivity index (χ0n) is 11.5. The molecule has 2 aromatic carbocycles. The van der Waals surface area contributed by atoms with Crippen LogP contribution in [-0.4, -0.2) is 18.5 Å². The van der Waals surface area contributed by atoms with Gasteiger partial charge in [0.25, 0.3) is 5.91 Å². The summed E-state index contributed by atoms with van der Waals surface area (Å²) in [7, 11) is 0. The lowest BCUT2D eigenvalue weighted by Gasteiger charge is -2.09. The average molecular weight is 314 g/mol. The average Bonchev–Trinajstić information content (AvgIpc) is 2.54. The van der Waals surface area contributed by atoms with Crippen molar-refractivity contribution in [3.8, 4) is 12.3 Å². The summed E-state index contributed by atoms with van der Waals surface area (Å²) in [5.41, 5.74) is 0.935. The second-order valence-electron chi connectivity index (χ2n) is 4.29. The van der Waals surface area contributed by atoms with Gasteiger partial charge in [0.1, 0.15) is 0 Å². The van der Waals surface area contributed by atoms with Crippen LogP contribution in [0.5, 0.6) is 0 Å². The maximum absolute atomic E-state index is 12.3. The molecule has 1 amide bonds. The maximum Gasteiger partial charge on any atom is 0.339 e. The second kappa shape index (κ2) is 7.30. The minimum absolute atomic E-state index is 0.147. The van der Waals surface area contributed by atoms with Crippen molar-refractivity contribution in [3.63, 3.8) is 0 Å². The van der Waals surface area contributed by atoms with Crippen molar-refractivity contribution in [3.05, 3.63) is 64.7 Å². The van der Waals surface area contributed by atoms with Gasteiger partial charge in [0.15, 0.2) is 6.61 Å². The first kappa shape index (κ1) is 15.6. The molecule has 1 N–H and O–H groups in total. The summed E-state index contributed by atoms with van der Waals surface area (Å²) in [6.07, 6.45) is 5.05. The SMILES string of the molecule is C#CCOC(=O)c1ccccc1C(=O)Nc1ccc(Cl)cc1. The van der Waals surface area contributed by atoms with E-state index >= 15 is 0 Å². The van der Waals surface area contributed by atoms with Crippen molar-refractivity contribution in [2.45, 2.75) is 0 Å². The first-order valence-electron chi connectivity index (χ1n) is 6.38. The lowest BCUT2D eigenvalue weighted by Crippen LogP contribution is -2.17. The Balaban J connectivity index is 2.21. The number of hydrogen-bond donors (Lipinski definition) is 1. The summed E-state index contributed by atoms with van der Waals surface area (Å²) >= 11 is 5.79. The van der Waals surface area contributed by atoms with Crippen molar-refractivity contribution >= 4 is 29.2 Å². The van der Waals surface area contributed by atoms with E-state index < -0.39 is 11.9 Å². The molecule has 22 heavy (non-hydrogen) atoms. The fourth-order valence-corrected chi connectivity index (χ4v) is 1.90. The summed E-state index contributed by atoms with van der Waals surface area (Å²) in [5.74, 6) is 1.15. The van der Waals surface area contributed by atoms with Crippen LogP contribution < -0.4 is 5.32 Å². The summed E-state index contributed by atoms with van der Waals surface area (Å²) < 4.78 is 4.86. The molecule has 0 saturated carbocycles. The molecule has 0 fully saturated rings. The zero-order chi connectivity index (χ0) is 15.9. The van der Waals surface area contributed by atoms with E-state index in [9.17, 15) is 9.59 Å². The number of halogens is 1. The van der Waals surface area contributed by atoms with Crippen LogP contribution in [-0.2, 0) is 4.74 Å². The molecule has 0 aliphatic carbocycles. The highest BCUT2D eigenvalue weighted by atomic mass is 35.5. The largest absolute Gasteiger partial charge is 0.449 e. The summed E-state index contributed by atoms with van der Waals surface area (Å²) in [5, 5.41) is 3.26. The molecule has 0 bridgehead atoms. The fourth-order valence-electron chi connectivity index (χ4n) is 1.78. The van der Waals surface area contributed by atoms with Gasteiger partial charge in [0.05, 0.1) is 11.1 Å². The number of hydrogen-bond acceptors (Lipinski definition) is 3. The topological polar surface area (TPSA) is 55.4 Å². The second-order valence-corrected chi connectivity index (χ2v) is 4.72. The summed E-state index contributed by atoms with van der Waals surface area (Å²) in [6.45, 7) is -0.147. The number of benzene rings is 2. The molecule has 0 saturated heterocycles. The Kier molecular flexibility index (Phi) is 5.18. The molecule has 0 aliphatic rings. The van der Waals surface area contributed by atoms with Gasteiger partial charge in [-0.3, -0.25) is 4.79 Å². The first-order valence-corrected chi connectivity index (χ1v) is 6.76. The van der Waals surface area contributed by atoms with Gasteiger partial charge in [-0.05, 0) is 36.4 Å². The van der Waals surface area contributed by atoms with Crippen LogP contribution in [0.25, 0.3) is 0 Å². The van der Waals surface area contributed by atoms with Gasteiger partial charge in [-0.25, -0.2) is 4.79 Å². The van der Waals surface area contributed by atoms with E-state index in [2.05, 4.69) is 11.2 Å². The van der Waals surface area contributed by atoms with E-state index in [1.54, 1.807) is 36.4 Å². The lowest BCUT2D eigenvalue weighted by atomic mass is 10.1. The van der Waals surface area contributed by atoms with E-state index in [4.69, 9.17) is 22.8 Å². The molecule has 0 spiro atoms. The molecule has 0 heterocycles. The predicted octanol–water partition coefficient (Wildman–Crippen LogP) is 3.38. The van der Waals surface area contributed by atoms with Gasteiger partial charge in [-0.2, -0.15) is 0 Å². The zero-order valence-corrected chi connectivity index (χ0v) is 12.3. The molecular weight excluding hydrogens is 302 g/mol. The normalized spacial score (nSPS) is 9.64. The number of ether oxygens (including phenoxy) is 1. The number of anilines is 1. The number of carbonyl (C=O) groups excluding carboxylic acids is 2. The molecular formula is C17H12ClNO3. The highest BCUT2D eigenvalue weighted by molar-refractivity contribution is 6.30. The van der Waals surface area contributed by atoms with Gasteiger partial charge in [-0.1, -0.05) is 29.7 Å². The third-order valence-electron chi connectivity index (χ3n) is 2.78. The number of nitrogens with one attached hydrogen (secondary N) is 1. The number of terminal acetylenes is 1. The Bertz CT molecular complexity index is 732. The fraction of sp³-hybridized carbons (Fsp3) is 0.0588. The van der Waals surface area contributed by atoms with Crippen LogP contribution in [0.15, 0.2) is 48.5 Å². The molecule has 0 aromatic heterocycles. The van der Waals surface area contributed by atoms with E-state index in [1.165, 1.54) is 12.1 Å². The van der Waals surface area contributed by atoms with Crippen LogP contribution in [0, 0.1) is 12.3 Å². The van der Waals surface area contributed by atoms with Crippen LogP contribution in [0.4, 0.5) is 5.69 Å². The minimum Gasteiger partial charge on any atom is -0.449 e. The Morgan fingerprint density at radius 3 is 2.36 bits per heavy atom. The molecule has 2 rings (SSSR count). The smallest absolute Gasteiger partial charge is 0.339 e. The molecule has 110 valence electrons.